The summed E-state index contributed by atoms with van der Waals surface area (Å²) < 4.78 is 1.87. The van der Waals surface area contributed by atoms with Crippen molar-refractivity contribution in [3.8, 4) is 0 Å². The van der Waals surface area contributed by atoms with E-state index in [9.17, 15) is 0 Å². The summed E-state index contributed by atoms with van der Waals surface area (Å²) in [5, 5.41) is 0. The lowest BCUT2D eigenvalue weighted by Crippen LogP contribution is -2.11. The molecule has 4 heteroatoms. The number of hydrogen-bond donors (Lipinski definition) is 1. The molecule has 0 saturated carbocycles. The van der Waals surface area contributed by atoms with Crippen molar-refractivity contribution in [2.45, 2.75) is 6.42 Å². The highest BCUT2D eigenvalue weighted by Gasteiger charge is 1.96. The molecule has 1 rings (SSSR count). The molecule has 0 spiro atoms. The zero-order valence-electron chi connectivity index (χ0n) is 5.74. The van der Waals surface area contributed by atoms with Gasteiger partial charge in [-0.3, -0.25) is 0 Å². The Labute approximate surface area is 64.9 Å². The molecule has 0 fully saturated rings. The van der Waals surface area contributed by atoms with Gasteiger partial charge in [0.1, 0.15) is 0 Å². The number of thiocarbonyl (C=S) groups is 1. The van der Waals surface area contributed by atoms with Gasteiger partial charge < -0.3 is 10.3 Å². The van der Waals surface area contributed by atoms with Crippen LogP contribution in [0.25, 0.3) is 0 Å². The third-order valence-corrected chi connectivity index (χ3v) is 1.26. The Bertz CT molecular complexity index is 241. The maximum absolute atomic E-state index is 5.32. The Morgan fingerprint density at radius 2 is 2.60 bits per heavy atom. The lowest BCUT2D eigenvalue weighted by atomic mass is 10.3. The Morgan fingerprint density at radius 1 is 1.90 bits per heavy atom. The molecule has 2 N–H and O–H groups in total. The summed E-state index contributed by atoms with van der Waals surface area (Å²) in [5.74, 6) is 0. The summed E-state index contributed by atoms with van der Waals surface area (Å²) in [7, 11) is 1.91. The zero-order chi connectivity index (χ0) is 7.56. The normalized spacial score (nSPS) is 9.70. The number of aryl methyl sites for hydroxylation is 1. The number of hydrogen-bond acceptors (Lipinski definition) is 2. The van der Waals surface area contributed by atoms with E-state index in [-0.39, 0.29) is 0 Å². The van der Waals surface area contributed by atoms with Crippen molar-refractivity contribution in [1.29, 1.82) is 0 Å². The summed E-state index contributed by atoms with van der Waals surface area (Å²) in [6, 6.07) is 0. The average Bonchev–Trinajstić information content (AvgIpc) is 2.13. The molecule has 0 atom stereocenters. The molecule has 0 aliphatic carbocycles. The molecule has 0 aliphatic rings. The SMILES string of the molecule is Cn1cnc(CC(N)=S)c1. The number of nitrogens with two attached hydrogens (primary N) is 1. The molecule has 0 aliphatic heterocycles. The van der Waals surface area contributed by atoms with Gasteiger partial charge in [-0.1, -0.05) is 12.2 Å². The molecule has 10 heavy (non-hydrogen) atoms. The van der Waals surface area contributed by atoms with Crippen LogP contribution < -0.4 is 5.73 Å². The summed E-state index contributed by atoms with van der Waals surface area (Å²) >= 11 is 4.72. The van der Waals surface area contributed by atoms with Crippen molar-refractivity contribution < 1.29 is 0 Å². The van der Waals surface area contributed by atoms with Gasteiger partial charge in [0.2, 0.25) is 0 Å². The Morgan fingerprint density at radius 3 is 3.00 bits per heavy atom. The van der Waals surface area contributed by atoms with Crippen LogP contribution in [-0.4, -0.2) is 14.5 Å². The van der Waals surface area contributed by atoms with Crippen molar-refractivity contribution in [2.24, 2.45) is 12.8 Å². The average molecular weight is 155 g/mol. The molecule has 0 aromatic carbocycles. The Balaban J connectivity index is 2.67. The maximum Gasteiger partial charge on any atom is 0.0946 e. The van der Waals surface area contributed by atoms with Gasteiger partial charge in [-0.2, -0.15) is 0 Å². The minimum Gasteiger partial charge on any atom is -0.393 e. The minimum absolute atomic E-state index is 0.485. The number of aromatic nitrogens is 2. The lowest BCUT2D eigenvalue weighted by Gasteiger charge is -1.89. The predicted molar refractivity (Wildman–Crippen MR) is 43.7 cm³/mol. The van der Waals surface area contributed by atoms with E-state index >= 15 is 0 Å². The van der Waals surface area contributed by atoms with Crippen LogP contribution >= 0.6 is 12.2 Å². The van der Waals surface area contributed by atoms with E-state index in [0.29, 0.717) is 11.4 Å². The fraction of sp³-hybridized carbons (Fsp3) is 0.333. The highest BCUT2D eigenvalue weighted by Crippen LogP contribution is 1.94. The van der Waals surface area contributed by atoms with Gasteiger partial charge in [-0.05, 0) is 0 Å². The molecule has 1 heterocycles. The minimum atomic E-state index is 0.485. The van der Waals surface area contributed by atoms with Crippen LogP contribution in [0.2, 0.25) is 0 Å². The molecule has 0 bridgehead atoms. The first-order valence-electron chi connectivity index (χ1n) is 2.93. The lowest BCUT2D eigenvalue weighted by molar-refractivity contribution is 0.913. The highest BCUT2D eigenvalue weighted by molar-refractivity contribution is 7.80. The van der Waals surface area contributed by atoms with E-state index in [1.165, 1.54) is 0 Å². The van der Waals surface area contributed by atoms with E-state index in [1.807, 2.05) is 17.8 Å². The maximum atomic E-state index is 5.32. The van der Waals surface area contributed by atoms with Crippen LogP contribution in [0.4, 0.5) is 0 Å². The fourth-order valence-corrected chi connectivity index (χ4v) is 0.885. The summed E-state index contributed by atoms with van der Waals surface area (Å²) in [4.78, 5) is 4.54. The number of nitrogens with zero attached hydrogens (tertiary/aromatic N) is 2. The molecule has 0 amide bonds. The molecule has 54 valence electrons. The predicted octanol–water partition coefficient (Wildman–Crippen LogP) is 0.249. The van der Waals surface area contributed by atoms with Gasteiger partial charge >= 0.3 is 0 Å². The molecule has 0 radical (unpaired) electrons. The molecule has 0 saturated heterocycles. The fourth-order valence-electron chi connectivity index (χ4n) is 0.737. The van der Waals surface area contributed by atoms with E-state index in [2.05, 4.69) is 4.98 Å². The molecular weight excluding hydrogens is 146 g/mol. The topological polar surface area (TPSA) is 43.8 Å². The second-order valence-electron chi connectivity index (χ2n) is 2.17. The van der Waals surface area contributed by atoms with Gasteiger partial charge in [0.25, 0.3) is 0 Å². The first kappa shape index (κ1) is 7.21. The first-order valence-corrected chi connectivity index (χ1v) is 3.34. The van der Waals surface area contributed by atoms with Crippen LogP contribution in [0.1, 0.15) is 5.69 Å². The van der Waals surface area contributed by atoms with Crippen LogP contribution in [0.15, 0.2) is 12.5 Å². The van der Waals surface area contributed by atoms with Crippen molar-refractivity contribution in [3.05, 3.63) is 18.2 Å². The summed E-state index contributed by atoms with van der Waals surface area (Å²) in [5.41, 5.74) is 6.24. The summed E-state index contributed by atoms with van der Waals surface area (Å²) in [6.07, 6.45) is 4.23. The first-order chi connectivity index (χ1) is 4.68. The molecule has 1 aromatic heterocycles. The second-order valence-corrected chi connectivity index (χ2v) is 2.70. The third-order valence-electron chi connectivity index (χ3n) is 1.11. The van der Waals surface area contributed by atoms with Gasteiger partial charge in [-0.15, -0.1) is 0 Å². The summed E-state index contributed by atoms with van der Waals surface area (Å²) in [6.45, 7) is 0. The van der Waals surface area contributed by atoms with E-state index < -0.39 is 0 Å². The van der Waals surface area contributed by atoms with Crippen molar-refractivity contribution in [3.63, 3.8) is 0 Å². The van der Waals surface area contributed by atoms with Crippen molar-refractivity contribution in [2.75, 3.05) is 0 Å². The highest BCUT2D eigenvalue weighted by atomic mass is 32.1. The van der Waals surface area contributed by atoms with E-state index in [4.69, 9.17) is 18.0 Å². The third kappa shape index (κ3) is 1.80. The monoisotopic (exact) mass is 155 g/mol. The Kier molecular flexibility index (Phi) is 2.01. The zero-order valence-corrected chi connectivity index (χ0v) is 6.56. The number of imidazole rings is 1. The van der Waals surface area contributed by atoms with E-state index in [0.717, 1.165) is 5.69 Å². The van der Waals surface area contributed by atoms with Crippen LogP contribution in [0, 0.1) is 0 Å². The van der Waals surface area contributed by atoms with Crippen molar-refractivity contribution in [1.82, 2.24) is 9.55 Å². The van der Waals surface area contributed by atoms with Crippen molar-refractivity contribution >= 4 is 17.2 Å². The van der Waals surface area contributed by atoms with Gasteiger partial charge in [0, 0.05) is 19.7 Å². The largest absolute Gasteiger partial charge is 0.393 e. The molecular formula is C6H9N3S. The Hall–Kier alpha value is -0.900. The van der Waals surface area contributed by atoms with Crippen LogP contribution in [0.3, 0.4) is 0 Å². The molecule has 1 aromatic rings. The van der Waals surface area contributed by atoms with E-state index in [1.54, 1.807) is 6.33 Å². The van der Waals surface area contributed by atoms with Gasteiger partial charge in [-0.25, -0.2) is 4.98 Å². The van der Waals surface area contributed by atoms with Crippen LogP contribution in [0.5, 0.6) is 0 Å². The van der Waals surface area contributed by atoms with Crippen LogP contribution in [-0.2, 0) is 13.5 Å². The smallest absolute Gasteiger partial charge is 0.0946 e. The van der Waals surface area contributed by atoms with Gasteiger partial charge in [0.15, 0.2) is 0 Å². The standard InChI is InChI=1S/C6H9N3S/c1-9-3-5(8-4-9)2-6(7)10/h3-4H,2H2,1H3,(H2,7,10). The number of rotatable bonds is 2. The molecule has 3 nitrogen and oxygen atoms in total. The second kappa shape index (κ2) is 2.79. The van der Waals surface area contributed by atoms with Gasteiger partial charge in [0.05, 0.1) is 17.0 Å². The quantitative estimate of drug-likeness (QED) is 0.622. The molecule has 0 unspecified atom stereocenters.